The van der Waals surface area contributed by atoms with Gasteiger partial charge in [-0.15, -0.1) is 0 Å². The van der Waals surface area contributed by atoms with Crippen LogP contribution in [-0.4, -0.2) is 0 Å². The van der Waals surface area contributed by atoms with E-state index in [4.69, 9.17) is 11.6 Å². The molecule has 0 aliphatic rings. The number of aryl methyl sites for hydroxylation is 2. The fourth-order valence-electron chi connectivity index (χ4n) is 2.80. The van der Waals surface area contributed by atoms with Gasteiger partial charge in [-0.1, -0.05) is 83.4 Å². The van der Waals surface area contributed by atoms with Crippen molar-refractivity contribution in [1.82, 2.24) is 0 Å². The van der Waals surface area contributed by atoms with E-state index in [2.05, 4.69) is 0 Å². The van der Waals surface area contributed by atoms with Crippen LogP contribution in [-0.2, 0) is 10.7 Å². The maximum absolute atomic E-state index is 14.1. The molecule has 3 rings (SSSR count). The van der Waals surface area contributed by atoms with E-state index in [0.717, 1.165) is 27.3 Å². The highest BCUT2D eigenvalue weighted by Gasteiger charge is 2.27. The van der Waals surface area contributed by atoms with Gasteiger partial charge >= 0.3 is 0 Å². The SMILES string of the molecule is Cc1ccc(P(=O)(Cc2cccc(Cl)c2)c2ccc(C)cc2)cc1. The second-order valence-electron chi connectivity index (χ2n) is 6.20. The fraction of sp³-hybridized carbons (Fsp3) is 0.143. The van der Waals surface area contributed by atoms with Gasteiger partial charge in [0.15, 0.2) is 0 Å². The van der Waals surface area contributed by atoms with Crippen molar-refractivity contribution in [2.24, 2.45) is 0 Å². The maximum atomic E-state index is 14.1. The summed E-state index contributed by atoms with van der Waals surface area (Å²) >= 11 is 6.12. The molecule has 1 nitrogen and oxygen atoms in total. The quantitative estimate of drug-likeness (QED) is 0.568. The van der Waals surface area contributed by atoms with Gasteiger partial charge in [0.25, 0.3) is 0 Å². The summed E-state index contributed by atoms with van der Waals surface area (Å²) in [6, 6.07) is 23.7. The van der Waals surface area contributed by atoms with Crippen molar-refractivity contribution < 1.29 is 4.57 Å². The van der Waals surface area contributed by atoms with E-state index in [1.165, 1.54) is 0 Å². The second-order valence-corrected chi connectivity index (χ2v) is 9.46. The number of hydrogen-bond donors (Lipinski definition) is 0. The van der Waals surface area contributed by atoms with Crippen LogP contribution in [0.2, 0.25) is 5.02 Å². The average molecular weight is 355 g/mol. The Bertz CT molecular complexity index is 833. The van der Waals surface area contributed by atoms with Crippen molar-refractivity contribution in [3.8, 4) is 0 Å². The molecule has 0 spiro atoms. The molecule has 0 saturated heterocycles. The molecule has 0 radical (unpaired) electrons. The zero-order chi connectivity index (χ0) is 17.2. The second kappa shape index (κ2) is 6.97. The smallest absolute Gasteiger partial charge is 0.147 e. The summed E-state index contributed by atoms with van der Waals surface area (Å²) in [5.41, 5.74) is 3.32. The zero-order valence-electron chi connectivity index (χ0n) is 13.9. The highest BCUT2D eigenvalue weighted by atomic mass is 35.5. The van der Waals surface area contributed by atoms with Crippen molar-refractivity contribution in [2.75, 3.05) is 0 Å². The molecule has 3 aromatic rings. The van der Waals surface area contributed by atoms with Crippen LogP contribution in [0, 0.1) is 13.8 Å². The van der Waals surface area contributed by atoms with E-state index in [1.54, 1.807) is 0 Å². The molecule has 0 atom stereocenters. The minimum atomic E-state index is -2.76. The number of halogens is 1. The Hall–Kier alpha value is -1.82. The number of benzene rings is 3. The van der Waals surface area contributed by atoms with E-state index in [0.29, 0.717) is 11.2 Å². The van der Waals surface area contributed by atoms with Crippen molar-refractivity contribution in [2.45, 2.75) is 20.0 Å². The van der Waals surface area contributed by atoms with Crippen molar-refractivity contribution in [1.29, 1.82) is 0 Å². The summed E-state index contributed by atoms with van der Waals surface area (Å²) in [5.74, 6) is 0. The van der Waals surface area contributed by atoms with Gasteiger partial charge < -0.3 is 4.57 Å². The predicted molar refractivity (Wildman–Crippen MR) is 104 cm³/mol. The summed E-state index contributed by atoms with van der Waals surface area (Å²) in [6.07, 6.45) is 0.472. The molecule has 0 fully saturated rings. The molecule has 122 valence electrons. The highest BCUT2D eigenvalue weighted by molar-refractivity contribution is 7.78. The Morgan fingerprint density at radius 1 is 0.792 bits per heavy atom. The summed E-state index contributed by atoms with van der Waals surface area (Å²) < 4.78 is 14.1. The first-order valence-electron chi connectivity index (χ1n) is 7.95. The van der Waals surface area contributed by atoms with Gasteiger partial charge in [0.1, 0.15) is 7.14 Å². The maximum Gasteiger partial charge on any atom is 0.147 e. The molecular weight excluding hydrogens is 335 g/mol. The lowest BCUT2D eigenvalue weighted by Gasteiger charge is -2.20. The molecule has 3 aromatic carbocycles. The van der Waals surface area contributed by atoms with Gasteiger partial charge in [-0.05, 0) is 31.5 Å². The minimum Gasteiger partial charge on any atom is -0.313 e. The van der Waals surface area contributed by atoms with Gasteiger partial charge in [-0.2, -0.15) is 0 Å². The van der Waals surface area contributed by atoms with E-state index >= 15 is 0 Å². The largest absolute Gasteiger partial charge is 0.313 e. The molecule has 0 aromatic heterocycles. The van der Waals surface area contributed by atoms with E-state index in [9.17, 15) is 4.57 Å². The first-order valence-corrected chi connectivity index (χ1v) is 10.2. The molecule has 0 heterocycles. The third kappa shape index (κ3) is 3.64. The Kier molecular flexibility index (Phi) is 4.94. The third-order valence-electron chi connectivity index (χ3n) is 4.20. The highest BCUT2D eigenvalue weighted by Crippen LogP contribution is 2.47. The van der Waals surface area contributed by atoms with Gasteiger partial charge in [-0.25, -0.2) is 0 Å². The first kappa shape index (κ1) is 17.0. The molecule has 0 saturated carbocycles. The normalized spacial score (nSPS) is 11.5. The van der Waals surface area contributed by atoms with Gasteiger partial charge in [0.05, 0.1) is 0 Å². The standard InChI is InChI=1S/C21H20ClOP/c1-16-6-10-20(11-7-16)24(23,21-12-8-17(2)9-13-21)15-18-4-3-5-19(22)14-18/h3-14H,15H2,1-2H3. The molecule has 0 aliphatic heterocycles. The summed E-state index contributed by atoms with van der Waals surface area (Å²) in [7, 11) is -2.76. The third-order valence-corrected chi connectivity index (χ3v) is 7.51. The van der Waals surface area contributed by atoms with Crippen molar-refractivity contribution >= 4 is 29.4 Å². The van der Waals surface area contributed by atoms with Gasteiger partial charge in [0.2, 0.25) is 0 Å². The Morgan fingerprint density at radius 3 is 1.75 bits per heavy atom. The molecule has 24 heavy (non-hydrogen) atoms. The number of hydrogen-bond acceptors (Lipinski definition) is 1. The molecule has 0 amide bonds. The molecule has 0 aliphatic carbocycles. The monoisotopic (exact) mass is 354 g/mol. The molecule has 0 unspecified atom stereocenters. The van der Waals surface area contributed by atoms with Crippen molar-refractivity contribution in [3.63, 3.8) is 0 Å². The van der Waals surface area contributed by atoms with Crippen LogP contribution in [0.15, 0.2) is 72.8 Å². The lowest BCUT2D eigenvalue weighted by atomic mass is 10.2. The number of rotatable bonds is 4. The van der Waals surface area contributed by atoms with E-state index < -0.39 is 7.14 Å². The predicted octanol–water partition coefficient (Wildman–Crippen LogP) is 5.47. The van der Waals surface area contributed by atoms with E-state index in [1.807, 2.05) is 86.6 Å². The summed E-state index contributed by atoms with van der Waals surface area (Å²) in [6.45, 7) is 4.08. The zero-order valence-corrected chi connectivity index (χ0v) is 15.5. The summed E-state index contributed by atoms with van der Waals surface area (Å²) in [5, 5.41) is 2.45. The average Bonchev–Trinajstić information content (AvgIpc) is 2.56. The van der Waals surface area contributed by atoms with Crippen LogP contribution in [0.3, 0.4) is 0 Å². The Morgan fingerprint density at radius 2 is 1.29 bits per heavy atom. The molecule has 0 bridgehead atoms. The molecule has 3 heteroatoms. The molecule has 0 N–H and O–H groups in total. The van der Waals surface area contributed by atoms with Gasteiger partial charge in [-0.3, -0.25) is 0 Å². The Balaban J connectivity index is 2.11. The lowest BCUT2D eigenvalue weighted by molar-refractivity contribution is 0.586. The minimum absolute atomic E-state index is 0.472. The van der Waals surface area contributed by atoms with Crippen LogP contribution in [0.4, 0.5) is 0 Å². The first-order chi connectivity index (χ1) is 11.5. The van der Waals surface area contributed by atoms with Crippen LogP contribution in [0.5, 0.6) is 0 Å². The van der Waals surface area contributed by atoms with Crippen molar-refractivity contribution in [3.05, 3.63) is 94.5 Å². The van der Waals surface area contributed by atoms with Crippen LogP contribution in [0.1, 0.15) is 16.7 Å². The fourth-order valence-corrected chi connectivity index (χ4v) is 5.64. The van der Waals surface area contributed by atoms with Crippen LogP contribution < -0.4 is 10.6 Å². The topological polar surface area (TPSA) is 17.1 Å². The van der Waals surface area contributed by atoms with E-state index in [-0.39, 0.29) is 0 Å². The van der Waals surface area contributed by atoms with Crippen LogP contribution in [0.25, 0.3) is 0 Å². The van der Waals surface area contributed by atoms with Gasteiger partial charge in [0, 0.05) is 21.8 Å². The lowest BCUT2D eigenvalue weighted by Crippen LogP contribution is -2.17. The molecular formula is C21H20ClOP. The van der Waals surface area contributed by atoms with Crippen LogP contribution >= 0.6 is 18.7 Å². The summed E-state index contributed by atoms with van der Waals surface area (Å²) in [4.78, 5) is 0. The Labute approximate surface area is 148 Å².